The fourth-order valence-electron chi connectivity index (χ4n) is 1.84. The predicted molar refractivity (Wildman–Crippen MR) is 82.5 cm³/mol. The molecule has 0 aliphatic rings. The molecule has 0 fully saturated rings. The average Bonchev–Trinajstić information content (AvgIpc) is 2.43. The first kappa shape index (κ1) is 14.9. The van der Waals surface area contributed by atoms with Gasteiger partial charge in [0, 0.05) is 13.0 Å². The monoisotopic (exact) mass is 337 g/mol. The molecule has 0 spiro atoms. The number of anilines is 1. The summed E-state index contributed by atoms with van der Waals surface area (Å²) < 4.78 is 13.8. The van der Waals surface area contributed by atoms with Crippen molar-refractivity contribution in [1.82, 2.24) is 9.97 Å². The van der Waals surface area contributed by atoms with Gasteiger partial charge in [0.15, 0.2) is 0 Å². The maximum Gasteiger partial charge on any atom is 0.144 e. The zero-order valence-electron chi connectivity index (χ0n) is 11.6. The van der Waals surface area contributed by atoms with Gasteiger partial charge in [0.05, 0.1) is 10.2 Å². The van der Waals surface area contributed by atoms with Crippen LogP contribution in [0.2, 0.25) is 0 Å². The molecule has 1 heterocycles. The van der Waals surface area contributed by atoms with Gasteiger partial charge in [-0.1, -0.05) is 19.1 Å². The molecule has 0 saturated carbocycles. The molecule has 0 radical (unpaired) electrons. The van der Waals surface area contributed by atoms with Gasteiger partial charge in [0.1, 0.15) is 17.5 Å². The third-order valence-corrected chi connectivity index (χ3v) is 3.83. The third-order valence-electron chi connectivity index (χ3n) is 2.88. The fraction of sp³-hybridized carbons (Fsp3) is 0.333. The molecule has 2 rings (SSSR count). The smallest absolute Gasteiger partial charge is 0.144 e. The minimum absolute atomic E-state index is 0.230. The van der Waals surface area contributed by atoms with Gasteiger partial charge in [0.25, 0.3) is 0 Å². The lowest BCUT2D eigenvalue weighted by Crippen LogP contribution is -2.08. The number of nitrogens with one attached hydrogen (secondary N) is 1. The first-order valence-corrected chi connectivity index (χ1v) is 7.40. The summed E-state index contributed by atoms with van der Waals surface area (Å²) in [7, 11) is 0. The Morgan fingerprint density at radius 3 is 2.55 bits per heavy atom. The topological polar surface area (TPSA) is 37.8 Å². The normalized spacial score (nSPS) is 10.6. The van der Waals surface area contributed by atoms with E-state index in [-0.39, 0.29) is 5.82 Å². The molecule has 0 saturated heterocycles. The molecule has 20 heavy (non-hydrogen) atoms. The second kappa shape index (κ2) is 6.79. The quantitative estimate of drug-likeness (QED) is 0.892. The number of hydrogen-bond acceptors (Lipinski definition) is 3. The maximum absolute atomic E-state index is 12.9. The van der Waals surface area contributed by atoms with Crippen molar-refractivity contribution in [1.29, 1.82) is 0 Å². The van der Waals surface area contributed by atoms with Crippen molar-refractivity contribution in [3.63, 3.8) is 0 Å². The van der Waals surface area contributed by atoms with E-state index in [1.165, 1.54) is 12.1 Å². The molecule has 0 aliphatic carbocycles. The fourth-order valence-corrected chi connectivity index (χ4v) is 2.16. The van der Waals surface area contributed by atoms with Gasteiger partial charge in [-0.2, -0.15) is 0 Å². The van der Waals surface area contributed by atoms with Crippen molar-refractivity contribution in [3.8, 4) is 0 Å². The lowest BCUT2D eigenvalue weighted by atomic mass is 10.1. The summed E-state index contributed by atoms with van der Waals surface area (Å²) in [5, 5.41) is 3.28. The Bertz CT molecular complexity index is 584. The van der Waals surface area contributed by atoms with E-state index in [0.717, 1.165) is 40.3 Å². The number of hydrogen-bond donors (Lipinski definition) is 1. The molecule has 106 valence electrons. The molecule has 0 unspecified atom stereocenters. The van der Waals surface area contributed by atoms with Crippen molar-refractivity contribution in [2.45, 2.75) is 26.7 Å². The van der Waals surface area contributed by atoms with Crippen LogP contribution in [0.15, 0.2) is 28.7 Å². The van der Waals surface area contributed by atoms with E-state index in [1.54, 1.807) is 12.1 Å². The van der Waals surface area contributed by atoms with Gasteiger partial charge in [-0.25, -0.2) is 14.4 Å². The van der Waals surface area contributed by atoms with Crippen LogP contribution in [0.5, 0.6) is 0 Å². The highest BCUT2D eigenvalue weighted by Gasteiger charge is 2.09. The first-order chi connectivity index (χ1) is 9.60. The lowest BCUT2D eigenvalue weighted by molar-refractivity contribution is 0.627. The molecule has 0 bridgehead atoms. The van der Waals surface area contributed by atoms with Gasteiger partial charge in [-0.3, -0.25) is 0 Å². The molecule has 3 nitrogen and oxygen atoms in total. The van der Waals surface area contributed by atoms with Gasteiger partial charge >= 0.3 is 0 Å². The highest BCUT2D eigenvalue weighted by Crippen LogP contribution is 2.23. The Morgan fingerprint density at radius 2 is 1.90 bits per heavy atom. The molecule has 0 atom stereocenters. The Balaban J connectivity index is 2.23. The highest BCUT2D eigenvalue weighted by atomic mass is 79.9. The number of aryl methyl sites for hydroxylation is 1. The van der Waals surface area contributed by atoms with Crippen molar-refractivity contribution in [2.75, 3.05) is 11.9 Å². The van der Waals surface area contributed by atoms with E-state index in [9.17, 15) is 4.39 Å². The molecule has 1 N–H and O–H groups in total. The Morgan fingerprint density at radius 1 is 1.20 bits per heavy atom. The molecule has 0 amide bonds. The van der Waals surface area contributed by atoms with Crippen molar-refractivity contribution >= 4 is 21.7 Å². The summed E-state index contributed by atoms with van der Waals surface area (Å²) in [5.74, 6) is 1.32. The van der Waals surface area contributed by atoms with Gasteiger partial charge < -0.3 is 5.32 Å². The van der Waals surface area contributed by atoms with Crippen LogP contribution in [0.4, 0.5) is 10.2 Å². The molecule has 1 aromatic heterocycles. The van der Waals surface area contributed by atoms with Crippen LogP contribution in [0.25, 0.3) is 0 Å². The van der Waals surface area contributed by atoms with Crippen LogP contribution < -0.4 is 5.32 Å². The van der Waals surface area contributed by atoms with E-state index in [4.69, 9.17) is 0 Å². The SMILES string of the molecule is CCCNc1nc(Cc2ccc(F)cc2)nc(C)c1Br. The summed E-state index contributed by atoms with van der Waals surface area (Å²) in [5.41, 5.74) is 1.89. The standard InChI is InChI=1S/C15H17BrFN3/c1-3-8-18-15-14(16)10(2)19-13(20-15)9-11-4-6-12(17)7-5-11/h4-7H,3,8-9H2,1-2H3,(H,18,19,20). The second-order valence-corrected chi connectivity index (χ2v) is 5.41. The van der Waals surface area contributed by atoms with Crippen molar-refractivity contribution < 1.29 is 4.39 Å². The molecular formula is C15H17BrFN3. The number of halogens is 2. The van der Waals surface area contributed by atoms with Crippen LogP contribution in [0.3, 0.4) is 0 Å². The summed E-state index contributed by atoms with van der Waals surface area (Å²) >= 11 is 3.50. The van der Waals surface area contributed by atoms with E-state index in [2.05, 4.69) is 38.1 Å². The number of rotatable bonds is 5. The Labute approximate surface area is 126 Å². The number of benzene rings is 1. The Hall–Kier alpha value is -1.49. The second-order valence-electron chi connectivity index (χ2n) is 4.62. The largest absolute Gasteiger partial charge is 0.369 e. The van der Waals surface area contributed by atoms with Crippen molar-refractivity contribution in [2.24, 2.45) is 0 Å². The van der Waals surface area contributed by atoms with Crippen LogP contribution >= 0.6 is 15.9 Å². The van der Waals surface area contributed by atoms with E-state index < -0.39 is 0 Å². The minimum Gasteiger partial charge on any atom is -0.369 e. The summed E-state index contributed by atoms with van der Waals surface area (Å²) in [4.78, 5) is 8.99. The summed E-state index contributed by atoms with van der Waals surface area (Å²) in [6.45, 7) is 4.91. The first-order valence-electron chi connectivity index (χ1n) is 6.61. The van der Waals surface area contributed by atoms with Crippen LogP contribution in [-0.2, 0) is 6.42 Å². The maximum atomic E-state index is 12.9. The minimum atomic E-state index is -0.230. The number of aromatic nitrogens is 2. The van der Waals surface area contributed by atoms with Gasteiger partial charge in [-0.05, 0) is 47.0 Å². The third kappa shape index (κ3) is 3.76. The van der Waals surface area contributed by atoms with Crippen LogP contribution in [0.1, 0.15) is 30.4 Å². The van der Waals surface area contributed by atoms with E-state index in [1.807, 2.05) is 6.92 Å². The predicted octanol–water partition coefficient (Wildman–Crippen LogP) is 4.10. The van der Waals surface area contributed by atoms with E-state index >= 15 is 0 Å². The van der Waals surface area contributed by atoms with E-state index in [0.29, 0.717) is 6.42 Å². The average molecular weight is 338 g/mol. The molecular weight excluding hydrogens is 321 g/mol. The molecule has 1 aromatic carbocycles. The van der Waals surface area contributed by atoms with Crippen LogP contribution in [-0.4, -0.2) is 16.5 Å². The lowest BCUT2D eigenvalue weighted by Gasteiger charge is -2.10. The molecule has 2 aromatic rings. The summed E-state index contributed by atoms with van der Waals surface area (Å²) in [6.07, 6.45) is 1.62. The highest BCUT2D eigenvalue weighted by molar-refractivity contribution is 9.10. The van der Waals surface area contributed by atoms with Gasteiger partial charge in [-0.15, -0.1) is 0 Å². The van der Waals surface area contributed by atoms with Crippen molar-refractivity contribution in [3.05, 3.63) is 51.6 Å². The Kier molecular flexibility index (Phi) is 5.06. The molecule has 5 heteroatoms. The zero-order chi connectivity index (χ0) is 14.5. The van der Waals surface area contributed by atoms with Crippen LogP contribution in [0, 0.1) is 12.7 Å². The zero-order valence-corrected chi connectivity index (χ0v) is 13.2. The molecule has 0 aliphatic heterocycles. The number of nitrogens with zero attached hydrogens (tertiary/aromatic N) is 2. The summed E-state index contributed by atoms with van der Waals surface area (Å²) in [6, 6.07) is 6.43. The van der Waals surface area contributed by atoms with Gasteiger partial charge in [0.2, 0.25) is 0 Å².